The lowest BCUT2D eigenvalue weighted by molar-refractivity contribution is 0.645. The van der Waals surface area contributed by atoms with Gasteiger partial charge < -0.3 is 4.57 Å². The zero-order chi connectivity index (χ0) is 16.9. The van der Waals surface area contributed by atoms with Gasteiger partial charge >= 0.3 is 5.69 Å². The van der Waals surface area contributed by atoms with E-state index in [1.807, 2.05) is 0 Å². The molecule has 7 nitrogen and oxygen atoms in total. The van der Waals surface area contributed by atoms with Gasteiger partial charge in [-0.05, 0) is 22.0 Å². The van der Waals surface area contributed by atoms with Crippen LogP contribution in [0.25, 0.3) is 11.2 Å². The van der Waals surface area contributed by atoms with E-state index in [4.69, 9.17) is 23.2 Å². The summed E-state index contributed by atoms with van der Waals surface area (Å²) in [5, 5.41) is 0.618. The summed E-state index contributed by atoms with van der Waals surface area (Å²) in [6.07, 6.45) is 1.38. The molecule has 0 aliphatic carbocycles. The number of imidazole rings is 1. The summed E-state index contributed by atoms with van der Waals surface area (Å²) in [6, 6.07) is 1.53. The van der Waals surface area contributed by atoms with Crippen LogP contribution in [0, 0.1) is 0 Å². The Morgan fingerprint density at radius 1 is 1.17 bits per heavy atom. The largest absolute Gasteiger partial charge is 0.332 e. The molecular weight excluding hydrogens is 409 g/mol. The number of hydrogen-bond acceptors (Lipinski definition) is 4. The van der Waals surface area contributed by atoms with E-state index in [9.17, 15) is 9.59 Å². The molecule has 0 aromatic carbocycles. The molecule has 23 heavy (non-hydrogen) atoms. The van der Waals surface area contributed by atoms with Crippen LogP contribution < -0.4 is 11.2 Å². The zero-order valence-electron chi connectivity index (χ0n) is 12.0. The van der Waals surface area contributed by atoms with Crippen LogP contribution in [0.15, 0.2) is 26.6 Å². The second kappa shape index (κ2) is 5.77. The molecule has 3 heterocycles. The molecule has 3 rings (SSSR count). The highest BCUT2D eigenvalue weighted by Crippen LogP contribution is 2.21. The maximum atomic E-state index is 12.7. The van der Waals surface area contributed by atoms with Crippen molar-refractivity contribution >= 4 is 50.3 Å². The van der Waals surface area contributed by atoms with Crippen molar-refractivity contribution in [2.24, 2.45) is 14.1 Å². The molecule has 0 atom stereocenters. The van der Waals surface area contributed by atoms with Gasteiger partial charge in [0.1, 0.15) is 0 Å². The summed E-state index contributed by atoms with van der Waals surface area (Å²) in [7, 11) is 3.25. The molecule has 0 aliphatic rings. The van der Waals surface area contributed by atoms with Gasteiger partial charge in [-0.2, -0.15) is 0 Å². The standard InChI is InChI=1S/C13H10BrCl2N5O2/c1-19-9-10(18-12(19)14)20(2)13(23)21(11(9)22)5-6-3-7(15)8(16)4-17-6/h3-4H,5H2,1-2H3. The van der Waals surface area contributed by atoms with Gasteiger partial charge in [-0.15, -0.1) is 0 Å². The molecule has 3 aromatic heterocycles. The number of nitrogens with zero attached hydrogens (tertiary/aromatic N) is 5. The first kappa shape index (κ1) is 16.2. The Hall–Kier alpha value is -1.64. The van der Waals surface area contributed by atoms with Gasteiger partial charge in [-0.3, -0.25) is 18.9 Å². The van der Waals surface area contributed by atoms with Gasteiger partial charge in [-0.25, -0.2) is 9.78 Å². The summed E-state index contributed by atoms with van der Waals surface area (Å²) in [5.41, 5.74) is 0.156. The van der Waals surface area contributed by atoms with E-state index >= 15 is 0 Å². The van der Waals surface area contributed by atoms with Gasteiger partial charge in [-0.1, -0.05) is 23.2 Å². The van der Waals surface area contributed by atoms with Gasteiger partial charge in [0.05, 0.1) is 22.3 Å². The molecule has 0 unspecified atom stereocenters. The molecule has 10 heteroatoms. The summed E-state index contributed by atoms with van der Waals surface area (Å²) in [4.78, 5) is 33.4. The lowest BCUT2D eigenvalue weighted by Gasteiger charge is -2.08. The second-order valence-corrected chi connectivity index (χ2v) is 6.46. The van der Waals surface area contributed by atoms with Crippen LogP contribution >= 0.6 is 39.1 Å². The molecule has 0 aliphatic heterocycles. The Morgan fingerprint density at radius 2 is 1.87 bits per heavy atom. The number of halogens is 3. The molecule has 0 saturated heterocycles. The van der Waals surface area contributed by atoms with Crippen LogP contribution in [-0.4, -0.2) is 23.7 Å². The average Bonchev–Trinajstić information content (AvgIpc) is 2.81. The summed E-state index contributed by atoms with van der Waals surface area (Å²) >= 11 is 15.0. The molecule has 0 amide bonds. The predicted octanol–water partition coefficient (Wildman–Crippen LogP) is 1.95. The molecule has 0 saturated carbocycles. The van der Waals surface area contributed by atoms with Crippen molar-refractivity contribution in [3.63, 3.8) is 0 Å². The maximum absolute atomic E-state index is 12.7. The minimum Gasteiger partial charge on any atom is -0.316 e. The number of hydrogen-bond donors (Lipinski definition) is 0. The number of aryl methyl sites for hydroxylation is 2. The first-order valence-electron chi connectivity index (χ1n) is 6.43. The minimum absolute atomic E-state index is 0.0128. The minimum atomic E-state index is -0.485. The van der Waals surface area contributed by atoms with Gasteiger partial charge in [0.2, 0.25) is 0 Å². The van der Waals surface area contributed by atoms with Crippen molar-refractivity contribution in [2.75, 3.05) is 0 Å². The topological polar surface area (TPSA) is 74.7 Å². The highest BCUT2D eigenvalue weighted by atomic mass is 79.9. The van der Waals surface area contributed by atoms with E-state index in [0.29, 0.717) is 31.6 Å². The number of pyridine rings is 1. The molecule has 0 N–H and O–H groups in total. The average molecular weight is 419 g/mol. The fourth-order valence-corrected chi connectivity index (χ4v) is 2.88. The van der Waals surface area contributed by atoms with Crippen LogP contribution in [0.4, 0.5) is 0 Å². The van der Waals surface area contributed by atoms with Gasteiger partial charge in [0.15, 0.2) is 15.9 Å². The van der Waals surface area contributed by atoms with Gasteiger partial charge in [0, 0.05) is 20.3 Å². The normalized spacial score (nSPS) is 11.3. The lowest BCUT2D eigenvalue weighted by Crippen LogP contribution is -2.40. The number of fused-ring (bicyclic) bond motifs is 1. The highest BCUT2D eigenvalue weighted by Gasteiger charge is 2.18. The van der Waals surface area contributed by atoms with Crippen LogP contribution in [0.1, 0.15) is 5.69 Å². The van der Waals surface area contributed by atoms with Crippen molar-refractivity contribution < 1.29 is 0 Å². The Bertz CT molecular complexity index is 1050. The predicted molar refractivity (Wildman–Crippen MR) is 91.3 cm³/mol. The molecule has 0 bridgehead atoms. The Morgan fingerprint density at radius 3 is 2.52 bits per heavy atom. The Balaban J connectivity index is 2.25. The molecular formula is C13H10BrCl2N5O2. The van der Waals surface area contributed by atoms with Crippen molar-refractivity contribution in [3.05, 3.63) is 53.6 Å². The van der Waals surface area contributed by atoms with E-state index in [1.165, 1.54) is 16.8 Å². The lowest BCUT2D eigenvalue weighted by atomic mass is 10.3. The van der Waals surface area contributed by atoms with Crippen LogP contribution in [0.3, 0.4) is 0 Å². The van der Waals surface area contributed by atoms with Crippen LogP contribution in [0.5, 0.6) is 0 Å². The quantitative estimate of drug-likeness (QED) is 0.596. The molecule has 0 radical (unpaired) electrons. The zero-order valence-corrected chi connectivity index (χ0v) is 15.1. The van der Waals surface area contributed by atoms with Crippen LogP contribution in [0.2, 0.25) is 10.0 Å². The van der Waals surface area contributed by atoms with E-state index in [-0.39, 0.29) is 6.54 Å². The third kappa shape index (κ3) is 2.60. The highest BCUT2D eigenvalue weighted by molar-refractivity contribution is 9.10. The third-order valence-electron chi connectivity index (χ3n) is 3.49. The number of rotatable bonds is 2. The maximum Gasteiger partial charge on any atom is 0.332 e. The Labute approximate surface area is 148 Å². The van der Waals surface area contributed by atoms with Crippen molar-refractivity contribution in [1.29, 1.82) is 0 Å². The molecule has 0 fully saturated rings. The molecule has 0 spiro atoms. The summed E-state index contributed by atoms with van der Waals surface area (Å²) in [6.45, 7) is -0.0128. The fourth-order valence-electron chi connectivity index (χ4n) is 2.26. The van der Waals surface area contributed by atoms with E-state index < -0.39 is 11.2 Å². The number of aromatic nitrogens is 5. The summed E-state index contributed by atoms with van der Waals surface area (Å²) in [5.74, 6) is 0. The molecule has 3 aromatic rings. The first-order valence-corrected chi connectivity index (χ1v) is 7.98. The van der Waals surface area contributed by atoms with E-state index in [0.717, 1.165) is 4.57 Å². The monoisotopic (exact) mass is 417 g/mol. The molecule has 120 valence electrons. The van der Waals surface area contributed by atoms with Crippen molar-refractivity contribution in [2.45, 2.75) is 6.54 Å². The van der Waals surface area contributed by atoms with Crippen LogP contribution in [-0.2, 0) is 20.6 Å². The van der Waals surface area contributed by atoms with Gasteiger partial charge in [0.25, 0.3) is 5.56 Å². The van der Waals surface area contributed by atoms with E-state index in [1.54, 1.807) is 18.7 Å². The van der Waals surface area contributed by atoms with Crippen molar-refractivity contribution in [1.82, 2.24) is 23.7 Å². The SMILES string of the molecule is Cn1c(Br)nc2c1c(=O)n(Cc1cc(Cl)c(Cl)cn1)c(=O)n2C. The third-order valence-corrected chi connectivity index (χ3v) is 4.91. The first-order chi connectivity index (χ1) is 10.8. The van der Waals surface area contributed by atoms with E-state index in [2.05, 4.69) is 25.9 Å². The second-order valence-electron chi connectivity index (χ2n) is 4.93. The fraction of sp³-hybridized carbons (Fsp3) is 0.231. The Kier molecular flexibility index (Phi) is 4.07. The smallest absolute Gasteiger partial charge is 0.316 e. The summed E-state index contributed by atoms with van der Waals surface area (Å²) < 4.78 is 4.45. The van der Waals surface area contributed by atoms with Crippen molar-refractivity contribution in [3.8, 4) is 0 Å².